The molecule has 0 atom stereocenters. The van der Waals surface area contributed by atoms with Crippen molar-refractivity contribution < 1.29 is 4.68 Å². The molecule has 2 aliphatic rings. The van der Waals surface area contributed by atoms with E-state index in [4.69, 9.17) is 5.84 Å². The van der Waals surface area contributed by atoms with Gasteiger partial charge in [0.1, 0.15) is 11.8 Å². The van der Waals surface area contributed by atoms with Gasteiger partial charge in [-0.15, -0.1) is 0 Å². The molecule has 0 heterocycles. The van der Waals surface area contributed by atoms with Gasteiger partial charge in [0.15, 0.2) is 0 Å². The molecule has 2 aliphatic carbocycles. The molecule has 18 heavy (non-hydrogen) atoms. The van der Waals surface area contributed by atoms with Crippen LogP contribution in [0.15, 0.2) is 0 Å². The molecule has 2 heteroatoms. The lowest BCUT2D eigenvalue weighted by Gasteiger charge is -2.23. The summed E-state index contributed by atoms with van der Waals surface area (Å²) in [5.74, 6) is 8.49. The van der Waals surface area contributed by atoms with Gasteiger partial charge in [0.05, 0.1) is 0 Å². The molecule has 0 aromatic heterocycles. The zero-order valence-electron chi connectivity index (χ0n) is 11.9. The zero-order valence-corrected chi connectivity index (χ0v) is 11.9. The topological polar surface area (TPSA) is 26.8 Å². The fraction of sp³-hybridized carbons (Fsp3) is 0.938. The number of hydrogen-bond donors (Lipinski definition) is 0. The summed E-state index contributed by atoms with van der Waals surface area (Å²) in [6, 6.07) is 0.528. The Morgan fingerprint density at radius 1 is 0.667 bits per heavy atom. The van der Waals surface area contributed by atoms with Crippen LogP contribution < -0.4 is 0 Å². The van der Waals surface area contributed by atoms with Crippen molar-refractivity contribution in [3.8, 4) is 0 Å². The second-order valence-corrected chi connectivity index (χ2v) is 6.20. The van der Waals surface area contributed by atoms with E-state index in [9.17, 15) is 0 Å². The van der Waals surface area contributed by atoms with Crippen molar-refractivity contribution in [3.63, 3.8) is 0 Å². The van der Waals surface area contributed by atoms with Gasteiger partial charge in [-0.25, -0.2) is 0 Å². The summed E-state index contributed by atoms with van der Waals surface area (Å²) >= 11 is 0. The van der Waals surface area contributed by atoms with Crippen LogP contribution in [0.5, 0.6) is 0 Å². The van der Waals surface area contributed by atoms with Crippen molar-refractivity contribution >= 4 is 5.71 Å². The summed E-state index contributed by atoms with van der Waals surface area (Å²) in [6.07, 6.45) is 18.6. The molecule has 0 spiro atoms. The molecular formula is C16H30N2. The van der Waals surface area contributed by atoms with Crippen molar-refractivity contribution in [2.45, 2.75) is 95.9 Å². The monoisotopic (exact) mass is 250 g/mol. The highest BCUT2D eigenvalue weighted by Gasteiger charge is 2.20. The molecule has 104 valence electrons. The number of nitrogens with one attached hydrogen (secondary N) is 1. The number of nitrogens with zero attached hydrogens (tertiary/aromatic N) is 1. The summed E-state index contributed by atoms with van der Waals surface area (Å²) in [7, 11) is 0. The Balaban J connectivity index is 1.97. The van der Waals surface area contributed by atoms with Gasteiger partial charge in [0.2, 0.25) is 0 Å². The predicted molar refractivity (Wildman–Crippen MR) is 78.0 cm³/mol. The van der Waals surface area contributed by atoms with Crippen LogP contribution in [0.2, 0.25) is 0 Å². The predicted octanol–water partition coefficient (Wildman–Crippen LogP) is 5.26. The number of hydrogen-bond acceptors (Lipinski definition) is 0. The lowest BCUT2D eigenvalue weighted by Crippen LogP contribution is -2.27. The lowest BCUT2D eigenvalue weighted by atomic mass is 9.95. The molecule has 2 saturated carbocycles. The maximum Gasteiger partial charge on any atom is 0.147 e. The van der Waals surface area contributed by atoms with Crippen molar-refractivity contribution in [3.05, 3.63) is 5.84 Å². The average Bonchev–Trinajstić information content (AvgIpc) is 2.27. The smallest absolute Gasteiger partial charge is 0.147 e. The first-order chi connectivity index (χ1) is 8.88. The van der Waals surface area contributed by atoms with Gasteiger partial charge < -0.3 is 5.84 Å². The van der Waals surface area contributed by atoms with Crippen LogP contribution in [0, 0.1) is 0 Å². The van der Waals surface area contributed by atoms with E-state index in [2.05, 4.69) is 0 Å². The second-order valence-electron chi connectivity index (χ2n) is 6.20. The van der Waals surface area contributed by atoms with Gasteiger partial charge in [-0.05, 0) is 25.7 Å². The first-order valence-electron chi connectivity index (χ1n) is 8.23. The van der Waals surface area contributed by atoms with Crippen LogP contribution in [-0.2, 0) is 0 Å². The summed E-state index contributed by atoms with van der Waals surface area (Å²) < 4.78 is 1.96. The van der Waals surface area contributed by atoms with E-state index in [0.717, 1.165) is 0 Å². The summed E-state index contributed by atoms with van der Waals surface area (Å²) in [5, 5.41) is 0. The van der Waals surface area contributed by atoms with Gasteiger partial charge >= 0.3 is 0 Å². The minimum Gasteiger partial charge on any atom is -0.454 e. The van der Waals surface area contributed by atoms with Crippen molar-refractivity contribution in [2.75, 3.05) is 0 Å². The van der Waals surface area contributed by atoms with Gasteiger partial charge in [-0.1, -0.05) is 38.5 Å². The van der Waals surface area contributed by atoms with E-state index >= 15 is 0 Å². The van der Waals surface area contributed by atoms with Crippen LogP contribution in [-0.4, -0.2) is 16.4 Å². The SMILES string of the molecule is [NH-][N+](=C1CCCCCCC1)C1CCCCCCC1. The van der Waals surface area contributed by atoms with E-state index in [1.54, 1.807) is 0 Å². The quantitative estimate of drug-likeness (QED) is 0.448. The minimum atomic E-state index is 0.528. The van der Waals surface area contributed by atoms with E-state index in [-0.39, 0.29) is 0 Å². The Labute approximate surface area is 113 Å². The van der Waals surface area contributed by atoms with Gasteiger partial charge in [-0.3, -0.25) is 4.68 Å². The minimum absolute atomic E-state index is 0.528. The van der Waals surface area contributed by atoms with E-state index in [0.29, 0.717) is 6.04 Å². The van der Waals surface area contributed by atoms with E-state index < -0.39 is 0 Å². The highest BCUT2D eigenvalue weighted by molar-refractivity contribution is 5.79. The van der Waals surface area contributed by atoms with Crippen LogP contribution in [0.1, 0.15) is 89.9 Å². The van der Waals surface area contributed by atoms with Crippen LogP contribution in [0.4, 0.5) is 0 Å². The van der Waals surface area contributed by atoms with Gasteiger partial charge in [0.25, 0.3) is 0 Å². The third-order valence-electron chi connectivity index (χ3n) is 4.71. The molecular weight excluding hydrogens is 220 g/mol. The van der Waals surface area contributed by atoms with Gasteiger partial charge in [-0.2, -0.15) is 0 Å². The summed E-state index contributed by atoms with van der Waals surface area (Å²) in [6.45, 7) is 0. The maximum absolute atomic E-state index is 8.49. The first kappa shape index (κ1) is 13.9. The van der Waals surface area contributed by atoms with Crippen LogP contribution in [0.25, 0.3) is 5.84 Å². The highest BCUT2D eigenvalue weighted by atomic mass is 15.3. The van der Waals surface area contributed by atoms with Crippen LogP contribution in [0.3, 0.4) is 0 Å². The molecule has 0 saturated heterocycles. The molecule has 0 bridgehead atoms. The van der Waals surface area contributed by atoms with Crippen molar-refractivity contribution in [2.24, 2.45) is 0 Å². The molecule has 0 amide bonds. The third kappa shape index (κ3) is 4.29. The Bertz CT molecular complexity index is 252. The molecule has 1 N–H and O–H groups in total. The lowest BCUT2D eigenvalue weighted by molar-refractivity contribution is -0.507. The average molecular weight is 250 g/mol. The highest BCUT2D eigenvalue weighted by Crippen LogP contribution is 2.22. The first-order valence-corrected chi connectivity index (χ1v) is 8.23. The fourth-order valence-electron chi connectivity index (χ4n) is 3.51. The molecule has 0 unspecified atom stereocenters. The van der Waals surface area contributed by atoms with Gasteiger partial charge in [0, 0.05) is 25.7 Å². The van der Waals surface area contributed by atoms with E-state index in [1.807, 2.05) is 4.68 Å². The van der Waals surface area contributed by atoms with Crippen molar-refractivity contribution in [1.29, 1.82) is 0 Å². The molecule has 2 fully saturated rings. The van der Waals surface area contributed by atoms with Crippen molar-refractivity contribution in [1.82, 2.24) is 0 Å². The Hall–Kier alpha value is -0.530. The van der Waals surface area contributed by atoms with E-state index in [1.165, 1.54) is 95.6 Å². The largest absolute Gasteiger partial charge is 0.454 e. The maximum atomic E-state index is 8.49. The molecule has 2 nitrogen and oxygen atoms in total. The molecule has 2 rings (SSSR count). The molecule has 0 aliphatic heterocycles. The normalized spacial score (nSPS) is 24.8. The Morgan fingerprint density at radius 2 is 1.11 bits per heavy atom. The molecule has 0 aromatic carbocycles. The molecule has 0 aromatic rings. The summed E-state index contributed by atoms with van der Waals surface area (Å²) in [5.41, 5.74) is 1.44. The third-order valence-corrected chi connectivity index (χ3v) is 4.71. The van der Waals surface area contributed by atoms with Crippen LogP contribution >= 0.6 is 0 Å². The summed E-state index contributed by atoms with van der Waals surface area (Å²) in [4.78, 5) is 0. The zero-order chi connectivity index (χ0) is 12.6. The molecule has 0 radical (unpaired) electrons. The fourth-order valence-corrected chi connectivity index (χ4v) is 3.51. The number of rotatable bonds is 1. The Kier molecular flexibility index (Phi) is 6.02. The second kappa shape index (κ2) is 7.81. The standard InChI is InChI=1S/C16H30N2/c17-18(15-11-7-3-1-4-8-12-15)16-13-9-5-2-6-10-14-16/h15,17H,1-14H2. The Morgan fingerprint density at radius 3 is 1.67 bits per heavy atom.